The van der Waals surface area contributed by atoms with Crippen LogP contribution < -0.4 is 11.4 Å². The maximum Gasteiger partial charge on any atom is 0.323 e. The van der Waals surface area contributed by atoms with Crippen LogP contribution >= 0.6 is 0 Å². The van der Waals surface area contributed by atoms with Crippen molar-refractivity contribution in [2.75, 3.05) is 0 Å². The number of nitrogens with one attached hydrogen (secondary N) is 2. The van der Waals surface area contributed by atoms with Gasteiger partial charge >= 0.3 is 5.69 Å². The molecule has 1 amide bonds. The van der Waals surface area contributed by atoms with Gasteiger partial charge in [0.15, 0.2) is 0 Å². The lowest BCUT2D eigenvalue weighted by Gasteiger charge is -1.82. The number of H-pyrrole nitrogens is 2. The van der Waals surface area contributed by atoms with Gasteiger partial charge in [-0.15, -0.1) is 0 Å². The molecule has 0 radical (unpaired) electrons. The molecule has 6 nitrogen and oxygen atoms in total. The van der Waals surface area contributed by atoms with Crippen LogP contribution in [0.4, 0.5) is 0 Å². The summed E-state index contributed by atoms with van der Waals surface area (Å²) in [6.45, 7) is 1.32. The van der Waals surface area contributed by atoms with Crippen LogP contribution in [0.2, 0.25) is 0 Å². The van der Waals surface area contributed by atoms with Gasteiger partial charge in [0, 0.05) is 0 Å². The zero-order valence-electron chi connectivity index (χ0n) is 9.32. The minimum Gasteiger partial charge on any atom is -0.369 e. The van der Waals surface area contributed by atoms with Crippen LogP contribution in [0.25, 0.3) is 11.0 Å². The Morgan fingerprint density at radius 3 is 1.94 bits per heavy atom. The van der Waals surface area contributed by atoms with E-state index in [9.17, 15) is 14.4 Å². The number of Topliss-reactive ketones (excluding diaryl/α,β-unsaturated/α-hetero) is 1. The third kappa shape index (κ3) is 4.33. The van der Waals surface area contributed by atoms with Crippen molar-refractivity contribution in [3.05, 3.63) is 34.7 Å². The number of nitrogens with two attached hydrogens (primary N) is 1. The number of ketones is 1. The molecule has 90 valence electrons. The van der Waals surface area contributed by atoms with Crippen LogP contribution in [0, 0.1) is 0 Å². The van der Waals surface area contributed by atoms with Gasteiger partial charge in [0.25, 0.3) is 0 Å². The zero-order chi connectivity index (χ0) is 12.8. The fourth-order valence-corrected chi connectivity index (χ4v) is 1.22. The fraction of sp³-hybridized carbons (Fsp3) is 0.182. The van der Waals surface area contributed by atoms with Crippen molar-refractivity contribution in [1.29, 1.82) is 0 Å². The number of rotatable bonds is 2. The molecule has 0 bridgehead atoms. The molecule has 0 unspecified atom stereocenters. The maximum atomic E-state index is 10.7. The van der Waals surface area contributed by atoms with E-state index in [0.717, 1.165) is 11.0 Å². The molecule has 0 saturated carbocycles. The van der Waals surface area contributed by atoms with E-state index in [1.165, 1.54) is 6.92 Å². The number of hydrogen-bond acceptors (Lipinski definition) is 3. The quantitative estimate of drug-likeness (QED) is 0.651. The number of benzene rings is 1. The Balaban J connectivity index is 0.000000185. The van der Waals surface area contributed by atoms with E-state index in [0.29, 0.717) is 0 Å². The van der Waals surface area contributed by atoms with Gasteiger partial charge in [-0.2, -0.15) is 0 Å². The van der Waals surface area contributed by atoms with Crippen molar-refractivity contribution in [2.24, 2.45) is 5.73 Å². The molecule has 0 aliphatic rings. The van der Waals surface area contributed by atoms with Crippen LogP contribution in [0.1, 0.15) is 13.3 Å². The molecule has 17 heavy (non-hydrogen) atoms. The van der Waals surface area contributed by atoms with Gasteiger partial charge in [0.05, 0.1) is 17.5 Å². The van der Waals surface area contributed by atoms with E-state index in [1.54, 1.807) is 0 Å². The number of primary amides is 1. The van der Waals surface area contributed by atoms with Gasteiger partial charge < -0.3 is 15.7 Å². The molecular weight excluding hydrogens is 222 g/mol. The number of carbonyl (C=O) groups excluding carboxylic acids is 2. The van der Waals surface area contributed by atoms with Gasteiger partial charge in [0.1, 0.15) is 5.78 Å². The fourth-order valence-electron chi connectivity index (χ4n) is 1.22. The molecule has 1 aromatic carbocycles. The van der Waals surface area contributed by atoms with Crippen LogP contribution in [-0.4, -0.2) is 21.7 Å². The highest BCUT2D eigenvalue weighted by molar-refractivity contribution is 5.95. The first-order valence-electron chi connectivity index (χ1n) is 4.94. The molecule has 6 heteroatoms. The molecule has 0 atom stereocenters. The number of carbonyl (C=O) groups is 2. The number of para-hydroxylation sites is 2. The lowest BCUT2D eigenvalue weighted by molar-refractivity contribution is -0.125. The Morgan fingerprint density at radius 2 is 1.65 bits per heavy atom. The van der Waals surface area contributed by atoms with E-state index < -0.39 is 5.91 Å². The van der Waals surface area contributed by atoms with E-state index in [4.69, 9.17) is 0 Å². The number of hydrogen-bond donors (Lipinski definition) is 3. The maximum absolute atomic E-state index is 10.7. The van der Waals surface area contributed by atoms with E-state index in [-0.39, 0.29) is 17.9 Å². The Bertz CT molecular complexity index is 535. The van der Waals surface area contributed by atoms with Crippen LogP contribution in [-0.2, 0) is 9.59 Å². The molecule has 1 heterocycles. The predicted octanol–water partition coefficient (Wildman–Crippen LogP) is 0.307. The molecule has 4 N–H and O–H groups in total. The third-order valence-corrected chi connectivity index (χ3v) is 1.85. The minimum atomic E-state index is -0.562. The number of aromatic nitrogens is 2. The number of imidazole rings is 1. The summed E-state index contributed by atoms with van der Waals surface area (Å²) >= 11 is 0. The molecule has 0 saturated heterocycles. The van der Waals surface area contributed by atoms with Crippen molar-refractivity contribution in [3.63, 3.8) is 0 Å². The summed E-state index contributed by atoms with van der Waals surface area (Å²) in [5, 5.41) is 0. The Labute approximate surface area is 96.8 Å². The van der Waals surface area contributed by atoms with Crippen LogP contribution in [0.15, 0.2) is 29.1 Å². The topological polar surface area (TPSA) is 109 Å². The Kier molecular flexibility index (Phi) is 4.21. The smallest absolute Gasteiger partial charge is 0.323 e. The molecule has 0 fully saturated rings. The molecule has 0 aliphatic carbocycles. The molecule has 2 aromatic rings. The van der Waals surface area contributed by atoms with Gasteiger partial charge in [-0.05, 0) is 19.1 Å². The van der Waals surface area contributed by atoms with E-state index in [1.807, 2.05) is 24.3 Å². The monoisotopic (exact) mass is 235 g/mol. The normalized spacial score (nSPS) is 9.47. The molecule has 2 rings (SSSR count). The summed E-state index contributed by atoms with van der Waals surface area (Å²) in [6, 6.07) is 7.47. The van der Waals surface area contributed by atoms with Gasteiger partial charge in [0.2, 0.25) is 5.91 Å². The van der Waals surface area contributed by atoms with E-state index >= 15 is 0 Å². The van der Waals surface area contributed by atoms with Crippen molar-refractivity contribution in [1.82, 2.24) is 9.97 Å². The lowest BCUT2D eigenvalue weighted by atomic mass is 10.3. The highest BCUT2D eigenvalue weighted by atomic mass is 16.2. The number of amides is 1. The minimum absolute atomic E-state index is 0.139. The molecule has 0 aliphatic heterocycles. The van der Waals surface area contributed by atoms with Crippen LogP contribution in [0.3, 0.4) is 0 Å². The average Bonchev–Trinajstić information content (AvgIpc) is 2.56. The van der Waals surface area contributed by atoms with Crippen molar-refractivity contribution >= 4 is 22.7 Å². The molecular formula is C11H13N3O3. The lowest BCUT2D eigenvalue weighted by Crippen LogP contribution is -2.13. The third-order valence-electron chi connectivity index (χ3n) is 1.85. The second-order valence-electron chi connectivity index (χ2n) is 3.47. The Hall–Kier alpha value is -2.37. The summed E-state index contributed by atoms with van der Waals surface area (Å²) in [6.07, 6.45) is -0.139. The summed E-state index contributed by atoms with van der Waals surface area (Å²) in [5.74, 6) is -0.750. The first kappa shape index (κ1) is 12.7. The number of aromatic amines is 2. The molecule has 0 spiro atoms. The van der Waals surface area contributed by atoms with Gasteiger partial charge in [-0.1, -0.05) is 12.1 Å². The zero-order valence-corrected chi connectivity index (χ0v) is 9.32. The highest BCUT2D eigenvalue weighted by Gasteiger charge is 1.95. The number of fused-ring (bicyclic) bond motifs is 1. The summed E-state index contributed by atoms with van der Waals surface area (Å²) in [7, 11) is 0. The highest BCUT2D eigenvalue weighted by Crippen LogP contribution is 2.03. The van der Waals surface area contributed by atoms with Gasteiger partial charge in [-0.3, -0.25) is 9.59 Å². The first-order chi connectivity index (χ1) is 7.99. The van der Waals surface area contributed by atoms with Crippen molar-refractivity contribution < 1.29 is 9.59 Å². The van der Waals surface area contributed by atoms with Crippen LogP contribution in [0.5, 0.6) is 0 Å². The second kappa shape index (κ2) is 5.64. The molecule has 1 aromatic heterocycles. The second-order valence-corrected chi connectivity index (χ2v) is 3.47. The predicted molar refractivity (Wildman–Crippen MR) is 63.4 cm³/mol. The van der Waals surface area contributed by atoms with Crippen molar-refractivity contribution in [3.8, 4) is 0 Å². The summed E-state index contributed by atoms with van der Waals surface area (Å²) in [5.41, 5.74) is 6.19. The summed E-state index contributed by atoms with van der Waals surface area (Å²) < 4.78 is 0. The average molecular weight is 235 g/mol. The SMILES string of the molecule is CC(=O)CC(N)=O.O=c1[nH]c2ccccc2[nH]1. The first-order valence-corrected chi connectivity index (χ1v) is 4.94. The Morgan fingerprint density at radius 1 is 1.18 bits per heavy atom. The van der Waals surface area contributed by atoms with Gasteiger partial charge in [-0.25, -0.2) is 4.79 Å². The van der Waals surface area contributed by atoms with Crippen molar-refractivity contribution in [2.45, 2.75) is 13.3 Å². The summed E-state index contributed by atoms with van der Waals surface area (Å²) in [4.78, 5) is 35.7. The largest absolute Gasteiger partial charge is 0.369 e. The van der Waals surface area contributed by atoms with E-state index in [2.05, 4.69) is 15.7 Å². The standard InChI is InChI=1S/C7H6N2O.C4H7NO2/c10-7-8-5-3-1-2-4-6(5)9-7;1-3(6)2-4(5)7/h1-4H,(H2,8,9,10);2H2,1H3,(H2,5,7).